The molecule has 7 nitrogen and oxygen atoms in total. The highest BCUT2D eigenvalue weighted by molar-refractivity contribution is 5.82. The van der Waals surface area contributed by atoms with Crippen molar-refractivity contribution >= 4 is 11.9 Å². The Bertz CT molecular complexity index is 895. The number of hydrogen-bond donors (Lipinski definition) is 0. The molecular formula is C23H27F3O7. The molecule has 10 heteroatoms. The Balaban J connectivity index is 2.15. The van der Waals surface area contributed by atoms with Crippen LogP contribution in [0.15, 0.2) is 53.1 Å². The van der Waals surface area contributed by atoms with Gasteiger partial charge in [0.15, 0.2) is 0 Å². The molecule has 0 fully saturated rings. The van der Waals surface area contributed by atoms with E-state index in [1.54, 1.807) is 32.9 Å². The number of benzene rings is 1. The zero-order valence-corrected chi connectivity index (χ0v) is 18.8. The van der Waals surface area contributed by atoms with E-state index in [1.165, 1.54) is 24.5 Å². The highest BCUT2D eigenvalue weighted by Crippen LogP contribution is 2.43. The van der Waals surface area contributed by atoms with Gasteiger partial charge in [-0.25, -0.2) is 4.79 Å². The van der Waals surface area contributed by atoms with Crippen LogP contribution < -0.4 is 0 Å². The Kier molecular flexibility index (Phi) is 8.68. The molecule has 0 radical (unpaired) electrons. The first-order valence-corrected chi connectivity index (χ1v) is 10.2. The summed E-state index contributed by atoms with van der Waals surface area (Å²) in [5.74, 6) is -1.88. The molecule has 0 saturated heterocycles. The predicted octanol–water partition coefficient (Wildman–Crippen LogP) is 4.57. The van der Waals surface area contributed by atoms with Crippen LogP contribution in [0.25, 0.3) is 0 Å². The molecule has 0 unspecified atom stereocenters. The van der Waals surface area contributed by atoms with Gasteiger partial charge in [0.25, 0.3) is 5.60 Å². The third-order valence-electron chi connectivity index (χ3n) is 5.03. The summed E-state index contributed by atoms with van der Waals surface area (Å²) in [6.45, 7) is 4.14. The first-order valence-electron chi connectivity index (χ1n) is 10.2. The molecule has 0 amide bonds. The number of carbonyl (C=O) groups excluding carboxylic acids is 2. The number of rotatable bonds is 11. The molecule has 2 atom stereocenters. The minimum Gasteiger partial charge on any atom is -0.467 e. The van der Waals surface area contributed by atoms with Crippen molar-refractivity contribution in [1.82, 2.24) is 0 Å². The van der Waals surface area contributed by atoms with Crippen molar-refractivity contribution < 1.29 is 46.1 Å². The van der Waals surface area contributed by atoms with Crippen molar-refractivity contribution in [2.24, 2.45) is 5.41 Å². The highest BCUT2D eigenvalue weighted by Gasteiger charge is 2.64. The first-order chi connectivity index (χ1) is 15.5. The monoisotopic (exact) mass is 472 g/mol. The van der Waals surface area contributed by atoms with Crippen LogP contribution in [-0.4, -0.2) is 45.0 Å². The number of methoxy groups -OCH3 is 1. The number of esters is 2. The van der Waals surface area contributed by atoms with Crippen LogP contribution in [0.2, 0.25) is 0 Å². The average molecular weight is 472 g/mol. The summed E-state index contributed by atoms with van der Waals surface area (Å²) in [5.41, 5.74) is -4.90. The van der Waals surface area contributed by atoms with E-state index in [9.17, 15) is 22.8 Å². The van der Waals surface area contributed by atoms with Crippen LogP contribution >= 0.6 is 0 Å². The molecule has 33 heavy (non-hydrogen) atoms. The van der Waals surface area contributed by atoms with E-state index >= 15 is 0 Å². The maximum Gasteiger partial charge on any atom is 0.432 e. The molecule has 0 aliphatic carbocycles. The van der Waals surface area contributed by atoms with Crippen LogP contribution in [0.1, 0.15) is 38.2 Å². The SMILES string of the molecule is CCOC(=O)C(C)(C)[C@@H](OCCOC(=O)[C@@](OC)(c1ccccc1)C(F)(F)F)c1ccco1. The Hall–Kier alpha value is -2.85. The summed E-state index contributed by atoms with van der Waals surface area (Å²) in [4.78, 5) is 25.0. The molecule has 0 spiro atoms. The van der Waals surface area contributed by atoms with Crippen molar-refractivity contribution in [2.45, 2.75) is 38.7 Å². The van der Waals surface area contributed by atoms with Gasteiger partial charge in [0.2, 0.25) is 0 Å². The topological polar surface area (TPSA) is 84.2 Å². The van der Waals surface area contributed by atoms with Gasteiger partial charge in [-0.15, -0.1) is 0 Å². The van der Waals surface area contributed by atoms with Crippen molar-refractivity contribution in [1.29, 1.82) is 0 Å². The maximum absolute atomic E-state index is 13.9. The Labute approximate surface area is 189 Å². The van der Waals surface area contributed by atoms with Gasteiger partial charge >= 0.3 is 18.1 Å². The molecule has 0 aliphatic heterocycles. The van der Waals surface area contributed by atoms with Crippen LogP contribution in [-0.2, 0) is 34.1 Å². The lowest BCUT2D eigenvalue weighted by Crippen LogP contribution is -2.52. The fraction of sp³-hybridized carbons (Fsp3) is 0.478. The standard InChI is InChI=1S/C23H27F3O7/c1-5-30-19(27)21(2,3)18(17-12-9-13-31-17)32-14-15-33-20(28)22(29-4,23(24,25)26)16-10-7-6-8-11-16/h6-13,18H,5,14-15H2,1-4H3/t18-,22-/m0/s1. The quantitative estimate of drug-likeness (QED) is 0.350. The number of ether oxygens (including phenoxy) is 4. The van der Waals surface area contributed by atoms with Crippen LogP contribution in [0.3, 0.4) is 0 Å². The van der Waals surface area contributed by atoms with Gasteiger partial charge < -0.3 is 23.4 Å². The van der Waals surface area contributed by atoms with Gasteiger partial charge in [-0.2, -0.15) is 13.2 Å². The lowest BCUT2D eigenvalue weighted by atomic mass is 9.85. The molecule has 0 aliphatic rings. The van der Waals surface area contributed by atoms with Gasteiger partial charge in [-0.1, -0.05) is 30.3 Å². The normalized spacial score (nSPS) is 14.9. The summed E-state index contributed by atoms with van der Waals surface area (Å²) in [5, 5.41) is 0. The largest absolute Gasteiger partial charge is 0.467 e. The lowest BCUT2D eigenvalue weighted by molar-refractivity contribution is -0.276. The summed E-state index contributed by atoms with van der Waals surface area (Å²) in [6.07, 6.45) is -4.62. The number of alkyl halides is 3. The second-order valence-corrected chi connectivity index (χ2v) is 7.59. The third kappa shape index (κ3) is 5.56. The Morgan fingerprint density at radius 1 is 0.970 bits per heavy atom. The van der Waals surface area contributed by atoms with E-state index in [0.29, 0.717) is 5.76 Å². The smallest absolute Gasteiger partial charge is 0.432 e. The van der Waals surface area contributed by atoms with Crippen molar-refractivity contribution in [2.75, 3.05) is 26.9 Å². The fourth-order valence-corrected chi connectivity index (χ4v) is 3.30. The van der Waals surface area contributed by atoms with Crippen LogP contribution in [0, 0.1) is 5.41 Å². The predicted molar refractivity (Wildman–Crippen MR) is 110 cm³/mol. The Morgan fingerprint density at radius 2 is 1.64 bits per heavy atom. The molecule has 2 aromatic rings. The molecule has 0 bridgehead atoms. The zero-order chi connectivity index (χ0) is 24.7. The van der Waals surface area contributed by atoms with Gasteiger partial charge in [-0.05, 0) is 32.9 Å². The molecule has 1 heterocycles. The van der Waals surface area contributed by atoms with E-state index in [2.05, 4.69) is 4.74 Å². The lowest BCUT2D eigenvalue weighted by Gasteiger charge is -2.33. The van der Waals surface area contributed by atoms with Gasteiger partial charge in [0.1, 0.15) is 18.5 Å². The minimum absolute atomic E-state index is 0.154. The van der Waals surface area contributed by atoms with Crippen LogP contribution in [0.5, 0.6) is 0 Å². The number of halogens is 3. The fourth-order valence-electron chi connectivity index (χ4n) is 3.30. The molecule has 1 aromatic carbocycles. The summed E-state index contributed by atoms with van der Waals surface area (Å²) < 4.78 is 67.5. The summed E-state index contributed by atoms with van der Waals surface area (Å²) in [6, 6.07) is 9.68. The van der Waals surface area contributed by atoms with E-state index in [0.717, 1.165) is 19.2 Å². The number of carbonyl (C=O) groups is 2. The Morgan fingerprint density at radius 3 is 2.15 bits per heavy atom. The summed E-state index contributed by atoms with van der Waals surface area (Å²) >= 11 is 0. The van der Waals surface area contributed by atoms with Crippen molar-refractivity contribution in [3.63, 3.8) is 0 Å². The van der Waals surface area contributed by atoms with E-state index < -0.39 is 47.4 Å². The highest BCUT2D eigenvalue weighted by atomic mass is 19.4. The minimum atomic E-state index is -5.08. The molecule has 0 saturated carbocycles. The number of hydrogen-bond acceptors (Lipinski definition) is 7. The van der Waals surface area contributed by atoms with E-state index in [1.807, 2.05) is 0 Å². The zero-order valence-electron chi connectivity index (χ0n) is 18.8. The van der Waals surface area contributed by atoms with Gasteiger partial charge in [0.05, 0.1) is 24.9 Å². The molecular weight excluding hydrogens is 445 g/mol. The first kappa shape index (κ1) is 26.4. The van der Waals surface area contributed by atoms with Crippen molar-refractivity contribution in [3.8, 4) is 0 Å². The second-order valence-electron chi connectivity index (χ2n) is 7.59. The van der Waals surface area contributed by atoms with Gasteiger partial charge in [0, 0.05) is 12.7 Å². The second kappa shape index (κ2) is 10.8. The van der Waals surface area contributed by atoms with E-state index in [-0.39, 0.29) is 13.2 Å². The molecule has 182 valence electrons. The van der Waals surface area contributed by atoms with E-state index in [4.69, 9.17) is 18.6 Å². The third-order valence-corrected chi connectivity index (χ3v) is 5.03. The molecule has 2 rings (SSSR count). The maximum atomic E-state index is 13.9. The average Bonchev–Trinajstić information content (AvgIpc) is 3.28. The van der Waals surface area contributed by atoms with Crippen molar-refractivity contribution in [3.05, 3.63) is 60.1 Å². The molecule has 0 N–H and O–H groups in total. The molecule has 1 aromatic heterocycles. The number of furan rings is 1. The summed E-state index contributed by atoms with van der Waals surface area (Å²) in [7, 11) is 0.785. The van der Waals surface area contributed by atoms with Gasteiger partial charge in [-0.3, -0.25) is 4.79 Å². The van der Waals surface area contributed by atoms with Crippen LogP contribution in [0.4, 0.5) is 13.2 Å².